The van der Waals surface area contributed by atoms with Gasteiger partial charge in [-0.05, 0) is 86.2 Å². The zero-order valence-corrected chi connectivity index (χ0v) is 30.8. The number of carbonyl (C=O) groups excluding carboxylic acids is 2. The molecular formula is C36H48N8O4S. The Bertz CT molecular complexity index is 1690. The zero-order chi connectivity index (χ0) is 35.5. The Labute approximate surface area is 294 Å². The second-order valence-corrected chi connectivity index (χ2v) is 15.6. The second-order valence-electron chi connectivity index (χ2n) is 14.5. The molecule has 0 unspecified atom stereocenters. The summed E-state index contributed by atoms with van der Waals surface area (Å²) in [7, 11) is 5.86. The average Bonchev–Trinajstić information content (AvgIpc) is 3.65. The van der Waals surface area contributed by atoms with E-state index in [4.69, 9.17) is 14.5 Å². The Balaban J connectivity index is 1.43. The smallest absolute Gasteiger partial charge is 0.410 e. The first-order chi connectivity index (χ1) is 23.2. The van der Waals surface area contributed by atoms with Gasteiger partial charge in [0.2, 0.25) is 0 Å². The molecule has 262 valence electrons. The van der Waals surface area contributed by atoms with Gasteiger partial charge in [-0.2, -0.15) is 15.2 Å². The molecule has 0 radical (unpaired) electrons. The molecule has 2 aliphatic heterocycles. The van der Waals surface area contributed by atoms with E-state index in [1.807, 2.05) is 58.5 Å². The van der Waals surface area contributed by atoms with Crippen molar-refractivity contribution in [1.29, 1.82) is 5.26 Å². The van der Waals surface area contributed by atoms with Gasteiger partial charge in [-0.1, -0.05) is 5.92 Å². The van der Waals surface area contributed by atoms with Gasteiger partial charge in [0.05, 0.1) is 17.3 Å². The number of aromatic nitrogens is 2. The molecule has 4 heterocycles. The van der Waals surface area contributed by atoms with Crippen LogP contribution in [0.2, 0.25) is 0 Å². The minimum atomic E-state index is -0.689. The van der Waals surface area contributed by atoms with Gasteiger partial charge < -0.3 is 24.2 Å². The van der Waals surface area contributed by atoms with E-state index in [0.29, 0.717) is 42.6 Å². The van der Waals surface area contributed by atoms with Crippen molar-refractivity contribution in [2.24, 2.45) is 4.99 Å². The number of rotatable bonds is 7. The summed E-state index contributed by atoms with van der Waals surface area (Å²) in [6.07, 6.45) is 5.74. The summed E-state index contributed by atoms with van der Waals surface area (Å²) in [5.74, 6) is 6.26. The van der Waals surface area contributed by atoms with Crippen LogP contribution in [-0.4, -0.2) is 114 Å². The lowest BCUT2D eigenvalue weighted by Crippen LogP contribution is -2.50. The first kappa shape index (κ1) is 36.1. The maximum Gasteiger partial charge on any atom is 0.410 e. The number of hydrogen-bond acceptors (Lipinski definition) is 11. The number of amides is 1. The molecule has 1 amide bonds. The van der Waals surface area contributed by atoms with Crippen molar-refractivity contribution in [2.75, 3.05) is 58.8 Å². The number of carbonyl (C=O) groups is 2. The summed E-state index contributed by atoms with van der Waals surface area (Å²) >= 11 is 1.52. The summed E-state index contributed by atoms with van der Waals surface area (Å²) in [5, 5.41) is 10.8. The molecule has 2 fully saturated rings. The van der Waals surface area contributed by atoms with Gasteiger partial charge >= 0.3 is 12.1 Å². The molecule has 2 saturated heterocycles. The Hall–Kier alpha value is -4.20. The molecule has 12 nitrogen and oxygen atoms in total. The van der Waals surface area contributed by atoms with Crippen molar-refractivity contribution in [2.45, 2.75) is 89.9 Å². The number of ether oxygens (including phenoxy) is 2. The number of likely N-dealkylation sites (N-methyl/N-ethyl adjacent to an activating group) is 1. The number of nitriles is 1. The fourth-order valence-electron chi connectivity index (χ4n) is 6.66. The number of fused-ring (bicyclic) bond motifs is 1. The van der Waals surface area contributed by atoms with Crippen LogP contribution in [0.25, 0.3) is 0 Å². The molecule has 0 N–H and O–H groups in total. The number of hydrogen-bond donors (Lipinski definition) is 0. The van der Waals surface area contributed by atoms with E-state index in [1.54, 1.807) is 17.3 Å². The minimum absolute atomic E-state index is 0.129. The van der Waals surface area contributed by atoms with Gasteiger partial charge in [0.1, 0.15) is 34.3 Å². The highest BCUT2D eigenvalue weighted by Crippen LogP contribution is 2.47. The topological polar surface area (TPSA) is 127 Å². The number of piperazine rings is 1. The van der Waals surface area contributed by atoms with Gasteiger partial charge in [-0.25, -0.2) is 9.79 Å². The van der Waals surface area contributed by atoms with Crippen molar-refractivity contribution < 1.29 is 19.1 Å². The maximum atomic E-state index is 13.8. The highest BCUT2D eigenvalue weighted by atomic mass is 32.1. The largest absolute Gasteiger partial charge is 0.459 e. The molecule has 49 heavy (non-hydrogen) atoms. The number of aliphatic imine (C=N–C) groups is 1. The molecule has 2 aromatic heterocycles. The SMILES string of the molecule is C[C@H](Oc1nc(C(=O)C#C[C@@]2(C)CCCc3sc(N=CN(C)C)c(C#N)c32)cc(N2CCN(C(=O)OC(C)(C)C)CC2)n1)[C@@H]1CCCN1C. The molecule has 3 aliphatic rings. The summed E-state index contributed by atoms with van der Waals surface area (Å²) in [4.78, 5) is 49.3. The number of nitrogens with zero attached hydrogens (tertiary/aromatic N) is 8. The third-order valence-corrected chi connectivity index (χ3v) is 10.3. The van der Waals surface area contributed by atoms with E-state index in [-0.39, 0.29) is 29.9 Å². The van der Waals surface area contributed by atoms with E-state index in [1.165, 1.54) is 11.3 Å². The summed E-state index contributed by atoms with van der Waals surface area (Å²) < 4.78 is 11.9. The van der Waals surface area contributed by atoms with Gasteiger partial charge in [-0.15, -0.1) is 11.3 Å². The molecule has 0 bridgehead atoms. The highest BCUT2D eigenvalue weighted by molar-refractivity contribution is 7.16. The number of thiophene rings is 1. The third kappa shape index (κ3) is 8.52. The molecule has 2 aromatic rings. The molecule has 0 aromatic carbocycles. The lowest BCUT2D eigenvalue weighted by Gasteiger charge is -2.36. The minimum Gasteiger partial charge on any atom is -0.459 e. The van der Waals surface area contributed by atoms with Crippen LogP contribution < -0.4 is 9.64 Å². The number of likely N-dealkylation sites (tertiary alicyclic amines) is 1. The quantitative estimate of drug-likeness (QED) is 0.129. The zero-order valence-electron chi connectivity index (χ0n) is 30.0. The first-order valence-corrected chi connectivity index (χ1v) is 17.8. The van der Waals surface area contributed by atoms with Crippen molar-refractivity contribution in [3.8, 4) is 23.9 Å². The van der Waals surface area contributed by atoms with E-state index < -0.39 is 16.8 Å². The van der Waals surface area contributed by atoms with Crippen LogP contribution in [0.5, 0.6) is 6.01 Å². The van der Waals surface area contributed by atoms with Gasteiger partial charge in [0.25, 0.3) is 5.78 Å². The summed E-state index contributed by atoms with van der Waals surface area (Å²) in [5.41, 5.74) is 0.286. The number of aryl methyl sites for hydroxylation is 1. The van der Waals surface area contributed by atoms with Gasteiger partial charge in [0.15, 0.2) is 0 Å². The number of ketones is 1. The van der Waals surface area contributed by atoms with Crippen molar-refractivity contribution in [3.63, 3.8) is 0 Å². The van der Waals surface area contributed by atoms with E-state index in [0.717, 1.165) is 49.1 Å². The van der Waals surface area contributed by atoms with Gasteiger partial charge in [-0.3, -0.25) is 9.69 Å². The molecule has 0 saturated carbocycles. The lowest BCUT2D eigenvalue weighted by atomic mass is 9.73. The van der Waals surface area contributed by atoms with E-state index in [2.05, 4.69) is 39.8 Å². The number of anilines is 1. The summed E-state index contributed by atoms with van der Waals surface area (Å²) in [6.45, 7) is 12.5. The summed E-state index contributed by atoms with van der Waals surface area (Å²) in [6, 6.07) is 4.37. The van der Waals surface area contributed by atoms with Crippen LogP contribution in [0.1, 0.15) is 86.8 Å². The lowest BCUT2D eigenvalue weighted by molar-refractivity contribution is 0.0240. The van der Waals surface area contributed by atoms with Crippen LogP contribution in [0.4, 0.5) is 15.6 Å². The molecule has 3 atom stereocenters. The van der Waals surface area contributed by atoms with Crippen molar-refractivity contribution >= 4 is 40.4 Å². The Morgan fingerprint density at radius 3 is 2.55 bits per heavy atom. The third-order valence-electron chi connectivity index (χ3n) is 9.15. The van der Waals surface area contributed by atoms with E-state index in [9.17, 15) is 14.9 Å². The molecule has 0 spiro atoms. The Morgan fingerprint density at radius 1 is 1.18 bits per heavy atom. The predicted octanol–water partition coefficient (Wildman–Crippen LogP) is 5.03. The van der Waals surface area contributed by atoms with Crippen LogP contribution in [0, 0.1) is 23.2 Å². The standard InChI is InChI=1S/C36H48N8O4S/c1-24(27-11-10-16-42(27)8)47-33-39-26(21-30(40-33)43-17-19-44(20-18-43)34(46)48-35(2,3)4)28(45)13-15-36(5)14-9-12-29-31(36)25(22-37)32(49-29)38-23-41(6)7/h21,23-24,27H,9-12,14,16-20H2,1-8H3/t24-,27-,36+/m0/s1. The van der Waals surface area contributed by atoms with Gasteiger partial charge in [0, 0.05) is 62.8 Å². The second kappa shape index (κ2) is 14.7. The normalized spacial score (nSPS) is 21.8. The molecule has 13 heteroatoms. The predicted molar refractivity (Wildman–Crippen MR) is 191 cm³/mol. The first-order valence-electron chi connectivity index (χ1n) is 17.0. The Morgan fingerprint density at radius 2 is 1.92 bits per heavy atom. The fraction of sp³-hybridized carbons (Fsp3) is 0.611. The van der Waals surface area contributed by atoms with Crippen molar-refractivity contribution in [1.82, 2.24) is 24.7 Å². The maximum absolute atomic E-state index is 13.8. The average molecular weight is 689 g/mol. The van der Waals surface area contributed by atoms with Crippen LogP contribution in [-0.2, 0) is 16.6 Å². The van der Waals surface area contributed by atoms with Crippen molar-refractivity contribution in [3.05, 3.63) is 27.8 Å². The van der Waals surface area contributed by atoms with E-state index >= 15 is 0 Å². The highest BCUT2D eigenvalue weighted by Gasteiger charge is 2.37. The monoisotopic (exact) mass is 688 g/mol. The Kier molecular flexibility index (Phi) is 10.9. The molecular weight excluding hydrogens is 641 g/mol. The molecule has 1 aliphatic carbocycles. The molecule has 5 rings (SSSR count). The van der Waals surface area contributed by atoms with Crippen LogP contribution in [0.3, 0.4) is 0 Å². The number of Topliss-reactive ketones (excluding diaryl/α,β-unsaturated/α-hetero) is 1. The fourth-order valence-corrected chi connectivity index (χ4v) is 7.92. The van der Waals surface area contributed by atoms with Crippen LogP contribution in [0.15, 0.2) is 11.1 Å². The van der Waals surface area contributed by atoms with Crippen LogP contribution >= 0.6 is 11.3 Å².